The number of aromatic nitrogens is 3. The quantitative estimate of drug-likeness (QED) is 0.792. The Labute approximate surface area is 118 Å². The van der Waals surface area contributed by atoms with Crippen LogP contribution in [-0.2, 0) is 13.5 Å². The Kier molecular flexibility index (Phi) is 3.24. The van der Waals surface area contributed by atoms with Gasteiger partial charge >= 0.3 is 0 Å². The number of fused-ring (bicyclic) bond motifs is 1. The highest BCUT2D eigenvalue weighted by Gasteiger charge is 2.14. The number of benzene rings is 1. The smallest absolute Gasteiger partial charge is 0.0704 e. The highest BCUT2D eigenvalue weighted by molar-refractivity contribution is 5.81. The van der Waals surface area contributed by atoms with Gasteiger partial charge < -0.3 is 5.73 Å². The maximum absolute atomic E-state index is 6.36. The highest BCUT2D eigenvalue weighted by atomic mass is 15.3. The number of pyridine rings is 1. The molecule has 4 nitrogen and oxygen atoms in total. The molecular weight excluding hydrogens is 248 g/mol. The molecule has 0 saturated carbocycles. The van der Waals surface area contributed by atoms with E-state index < -0.39 is 0 Å². The number of hydrogen-bond donors (Lipinski definition) is 1. The Morgan fingerprint density at radius 2 is 2.05 bits per heavy atom. The monoisotopic (exact) mass is 266 g/mol. The predicted octanol–water partition coefficient (Wildman–Crippen LogP) is 2.52. The van der Waals surface area contributed by atoms with Crippen molar-refractivity contribution < 1.29 is 0 Å². The summed E-state index contributed by atoms with van der Waals surface area (Å²) in [6, 6.07) is 10.2. The van der Waals surface area contributed by atoms with Crippen molar-refractivity contribution in [2.24, 2.45) is 12.8 Å². The molecule has 102 valence electrons. The minimum atomic E-state index is -0.0468. The van der Waals surface area contributed by atoms with Crippen LogP contribution in [0.2, 0.25) is 0 Å². The minimum absolute atomic E-state index is 0.0468. The van der Waals surface area contributed by atoms with E-state index in [9.17, 15) is 0 Å². The number of rotatable bonds is 3. The standard InChI is InChI=1S/C16H18N4/c1-11-14(10-19-20(11)2)15(17)9-12-7-8-18-16-6-4-3-5-13(12)16/h3-8,10,15H,9,17H2,1-2H3. The summed E-state index contributed by atoms with van der Waals surface area (Å²) in [5.74, 6) is 0. The first kappa shape index (κ1) is 12.8. The minimum Gasteiger partial charge on any atom is -0.324 e. The molecule has 3 aromatic rings. The van der Waals surface area contributed by atoms with E-state index in [0.717, 1.165) is 23.2 Å². The van der Waals surface area contributed by atoms with Crippen LogP contribution >= 0.6 is 0 Å². The lowest BCUT2D eigenvalue weighted by molar-refractivity contribution is 0.702. The second-order valence-electron chi connectivity index (χ2n) is 5.11. The molecule has 20 heavy (non-hydrogen) atoms. The van der Waals surface area contributed by atoms with E-state index in [0.29, 0.717) is 0 Å². The lowest BCUT2D eigenvalue weighted by Crippen LogP contribution is -2.14. The molecule has 2 heterocycles. The lowest BCUT2D eigenvalue weighted by Gasteiger charge is -2.13. The van der Waals surface area contributed by atoms with E-state index in [1.54, 1.807) is 0 Å². The zero-order valence-corrected chi connectivity index (χ0v) is 11.7. The molecule has 0 aliphatic rings. The third kappa shape index (κ3) is 2.18. The van der Waals surface area contributed by atoms with Crippen LogP contribution in [0.4, 0.5) is 0 Å². The Balaban J connectivity index is 1.95. The fraction of sp³-hybridized carbons (Fsp3) is 0.250. The third-order valence-corrected chi connectivity index (χ3v) is 3.85. The van der Waals surface area contributed by atoms with E-state index in [1.165, 1.54) is 10.9 Å². The van der Waals surface area contributed by atoms with Crippen molar-refractivity contribution in [2.75, 3.05) is 0 Å². The second-order valence-corrected chi connectivity index (χ2v) is 5.11. The molecule has 1 aromatic carbocycles. The van der Waals surface area contributed by atoms with E-state index in [4.69, 9.17) is 5.73 Å². The fourth-order valence-electron chi connectivity index (χ4n) is 2.56. The second kappa shape index (κ2) is 5.06. The molecule has 0 bridgehead atoms. The van der Waals surface area contributed by atoms with Crippen molar-refractivity contribution in [1.29, 1.82) is 0 Å². The molecule has 0 aliphatic heterocycles. The van der Waals surface area contributed by atoms with Crippen LogP contribution in [0.5, 0.6) is 0 Å². The first-order valence-corrected chi connectivity index (χ1v) is 6.73. The van der Waals surface area contributed by atoms with Gasteiger partial charge in [0.05, 0.1) is 11.7 Å². The van der Waals surface area contributed by atoms with Gasteiger partial charge in [0.1, 0.15) is 0 Å². The third-order valence-electron chi connectivity index (χ3n) is 3.85. The van der Waals surface area contributed by atoms with Crippen LogP contribution in [0.15, 0.2) is 42.7 Å². The van der Waals surface area contributed by atoms with Gasteiger partial charge in [-0.05, 0) is 31.0 Å². The van der Waals surface area contributed by atoms with Crippen molar-refractivity contribution >= 4 is 10.9 Å². The van der Waals surface area contributed by atoms with E-state index in [2.05, 4.69) is 16.1 Å². The largest absolute Gasteiger partial charge is 0.324 e. The summed E-state index contributed by atoms with van der Waals surface area (Å²) in [5.41, 5.74) is 10.8. The van der Waals surface area contributed by atoms with E-state index in [1.807, 2.05) is 55.3 Å². The van der Waals surface area contributed by atoms with Gasteiger partial charge in [0, 0.05) is 35.9 Å². The average Bonchev–Trinajstić information content (AvgIpc) is 2.79. The fourth-order valence-corrected chi connectivity index (χ4v) is 2.56. The summed E-state index contributed by atoms with van der Waals surface area (Å²) in [6.45, 7) is 2.05. The lowest BCUT2D eigenvalue weighted by atomic mass is 9.98. The van der Waals surface area contributed by atoms with Crippen molar-refractivity contribution in [3.63, 3.8) is 0 Å². The van der Waals surface area contributed by atoms with Crippen molar-refractivity contribution in [2.45, 2.75) is 19.4 Å². The molecule has 2 N–H and O–H groups in total. The first-order valence-electron chi connectivity index (χ1n) is 6.73. The van der Waals surface area contributed by atoms with Crippen molar-refractivity contribution in [3.05, 3.63) is 59.5 Å². The van der Waals surface area contributed by atoms with Gasteiger partial charge in [-0.15, -0.1) is 0 Å². The molecule has 0 fully saturated rings. The van der Waals surface area contributed by atoms with Crippen LogP contribution in [0.1, 0.15) is 22.9 Å². The molecule has 4 heteroatoms. The number of para-hydroxylation sites is 1. The summed E-state index contributed by atoms with van der Waals surface area (Å²) in [5, 5.41) is 5.44. The molecule has 0 spiro atoms. The average molecular weight is 266 g/mol. The van der Waals surface area contributed by atoms with E-state index >= 15 is 0 Å². The number of nitrogens with zero attached hydrogens (tertiary/aromatic N) is 3. The van der Waals surface area contributed by atoms with Gasteiger partial charge in [0.15, 0.2) is 0 Å². The van der Waals surface area contributed by atoms with Gasteiger partial charge in [-0.25, -0.2) is 0 Å². The topological polar surface area (TPSA) is 56.7 Å². The normalized spacial score (nSPS) is 12.8. The number of aryl methyl sites for hydroxylation is 1. The Hall–Kier alpha value is -2.20. The Bertz CT molecular complexity index is 740. The van der Waals surface area contributed by atoms with Crippen LogP contribution in [-0.4, -0.2) is 14.8 Å². The summed E-state index contributed by atoms with van der Waals surface area (Å²) >= 11 is 0. The van der Waals surface area contributed by atoms with Crippen LogP contribution in [0.25, 0.3) is 10.9 Å². The molecule has 0 aliphatic carbocycles. The molecular formula is C16H18N4. The van der Waals surface area contributed by atoms with Crippen LogP contribution in [0.3, 0.4) is 0 Å². The summed E-state index contributed by atoms with van der Waals surface area (Å²) < 4.78 is 1.86. The maximum Gasteiger partial charge on any atom is 0.0704 e. The molecule has 0 amide bonds. The van der Waals surface area contributed by atoms with E-state index in [-0.39, 0.29) is 6.04 Å². The molecule has 1 unspecified atom stereocenters. The van der Waals surface area contributed by atoms with Gasteiger partial charge in [-0.1, -0.05) is 18.2 Å². The van der Waals surface area contributed by atoms with Gasteiger partial charge in [-0.3, -0.25) is 9.67 Å². The predicted molar refractivity (Wildman–Crippen MR) is 80.3 cm³/mol. The zero-order chi connectivity index (χ0) is 14.1. The van der Waals surface area contributed by atoms with Crippen molar-refractivity contribution in [1.82, 2.24) is 14.8 Å². The summed E-state index contributed by atoms with van der Waals surface area (Å²) in [7, 11) is 1.94. The first-order chi connectivity index (χ1) is 9.66. The maximum atomic E-state index is 6.36. The molecule has 3 rings (SSSR count). The molecule has 0 saturated heterocycles. The Morgan fingerprint density at radius 1 is 1.25 bits per heavy atom. The zero-order valence-electron chi connectivity index (χ0n) is 11.7. The number of nitrogens with two attached hydrogens (primary N) is 1. The highest BCUT2D eigenvalue weighted by Crippen LogP contribution is 2.23. The SMILES string of the molecule is Cc1c(C(N)Cc2ccnc3ccccc23)cnn1C. The summed E-state index contributed by atoms with van der Waals surface area (Å²) in [6.07, 6.45) is 4.50. The molecule has 2 aromatic heterocycles. The van der Waals surface area contributed by atoms with Crippen LogP contribution in [0, 0.1) is 6.92 Å². The van der Waals surface area contributed by atoms with Crippen molar-refractivity contribution in [3.8, 4) is 0 Å². The summed E-state index contributed by atoms with van der Waals surface area (Å²) in [4.78, 5) is 4.39. The Morgan fingerprint density at radius 3 is 2.80 bits per heavy atom. The molecule has 0 radical (unpaired) electrons. The van der Waals surface area contributed by atoms with Gasteiger partial charge in [0.2, 0.25) is 0 Å². The van der Waals surface area contributed by atoms with Crippen LogP contribution < -0.4 is 5.73 Å². The van der Waals surface area contributed by atoms with Gasteiger partial charge in [0.25, 0.3) is 0 Å². The molecule has 1 atom stereocenters. The number of hydrogen-bond acceptors (Lipinski definition) is 3. The van der Waals surface area contributed by atoms with Gasteiger partial charge in [-0.2, -0.15) is 5.10 Å².